The summed E-state index contributed by atoms with van der Waals surface area (Å²) in [7, 11) is -0.968. The number of H-pyrrole nitrogens is 1. The van der Waals surface area contributed by atoms with E-state index in [0.29, 0.717) is 5.57 Å². The summed E-state index contributed by atoms with van der Waals surface area (Å²) in [4.78, 5) is 3.17. The molecule has 1 aromatic heterocycles. The van der Waals surface area contributed by atoms with Crippen LogP contribution in [0.15, 0.2) is 48.3 Å². The first-order chi connectivity index (χ1) is 11.2. The van der Waals surface area contributed by atoms with Gasteiger partial charge in [0.1, 0.15) is 5.73 Å². The van der Waals surface area contributed by atoms with Crippen LogP contribution in [0.3, 0.4) is 0 Å². The van der Waals surface area contributed by atoms with Crippen molar-refractivity contribution in [3.63, 3.8) is 0 Å². The quantitative estimate of drug-likeness (QED) is 0.804. The number of allylic oxidation sites excluding steroid dienone is 1. The number of halogens is 1. The number of nitrogens with one attached hydrogen (secondary N) is 1. The average Bonchev–Trinajstić information content (AvgIpc) is 3.13. The number of hydrogen-bond acceptors (Lipinski definition) is 2. The van der Waals surface area contributed by atoms with E-state index in [9.17, 15) is 4.39 Å². The van der Waals surface area contributed by atoms with Crippen LogP contribution in [0, 0.1) is 0 Å². The van der Waals surface area contributed by atoms with Gasteiger partial charge in [-0.3, -0.25) is 0 Å². The molecule has 0 radical (unpaired) electrons. The van der Waals surface area contributed by atoms with Crippen LogP contribution in [0.2, 0.25) is 0 Å². The highest BCUT2D eigenvalue weighted by atomic mass is 19.1. The third-order valence-electron chi connectivity index (χ3n) is 5.02. The lowest BCUT2D eigenvalue weighted by Gasteiger charge is -2.32. The lowest BCUT2D eigenvalue weighted by molar-refractivity contribution is 0.00578. The van der Waals surface area contributed by atoms with Crippen LogP contribution in [-0.2, 0) is 9.31 Å². The standard InChI is InChI=1S/C19H23BFNO2/c1-13(17(21)20-23-18(2,3)19(4,5)24-20)14-8-6-9-15(12-14)16-10-7-11-22-16/h6-12,22H,1-5H3. The van der Waals surface area contributed by atoms with Crippen molar-refractivity contribution in [2.75, 3.05) is 0 Å². The maximum absolute atomic E-state index is 15.0. The van der Waals surface area contributed by atoms with Crippen molar-refractivity contribution in [1.29, 1.82) is 0 Å². The van der Waals surface area contributed by atoms with E-state index in [4.69, 9.17) is 9.31 Å². The van der Waals surface area contributed by atoms with E-state index in [1.54, 1.807) is 6.92 Å². The molecule has 1 fully saturated rings. The minimum absolute atomic E-state index is 0.378. The Hall–Kier alpha value is -1.85. The Balaban J connectivity index is 1.92. The van der Waals surface area contributed by atoms with Gasteiger partial charge in [0.15, 0.2) is 0 Å². The summed E-state index contributed by atoms with van der Waals surface area (Å²) in [6.45, 7) is 9.43. The van der Waals surface area contributed by atoms with Crippen LogP contribution in [-0.4, -0.2) is 23.3 Å². The Bertz CT molecular complexity index is 749. The van der Waals surface area contributed by atoms with Crippen LogP contribution in [0.1, 0.15) is 40.2 Å². The summed E-state index contributed by atoms with van der Waals surface area (Å²) in [5, 5.41) is 0. The van der Waals surface area contributed by atoms with E-state index < -0.39 is 18.3 Å². The monoisotopic (exact) mass is 327 g/mol. The first kappa shape index (κ1) is 17.0. The Morgan fingerprint density at radius 1 is 1.04 bits per heavy atom. The molecule has 5 heteroatoms. The van der Waals surface area contributed by atoms with Gasteiger partial charge < -0.3 is 14.3 Å². The number of aromatic nitrogens is 1. The fraction of sp³-hybridized carbons (Fsp3) is 0.368. The van der Waals surface area contributed by atoms with Crippen LogP contribution in [0.5, 0.6) is 0 Å². The molecule has 0 aliphatic carbocycles. The molecule has 126 valence electrons. The van der Waals surface area contributed by atoms with Crippen molar-refractivity contribution < 1.29 is 13.7 Å². The molecule has 1 saturated heterocycles. The van der Waals surface area contributed by atoms with Crippen LogP contribution >= 0.6 is 0 Å². The van der Waals surface area contributed by atoms with Gasteiger partial charge in [0.2, 0.25) is 0 Å². The number of hydrogen-bond donors (Lipinski definition) is 1. The van der Waals surface area contributed by atoms with Crippen molar-refractivity contribution in [1.82, 2.24) is 4.98 Å². The van der Waals surface area contributed by atoms with Crippen molar-refractivity contribution in [2.24, 2.45) is 0 Å². The van der Waals surface area contributed by atoms with Gasteiger partial charge in [-0.1, -0.05) is 18.2 Å². The zero-order valence-corrected chi connectivity index (χ0v) is 14.8. The minimum Gasteiger partial charge on any atom is -0.398 e. The second-order valence-electron chi connectivity index (χ2n) is 7.23. The summed E-state index contributed by atoms with van der Waals surface area (Å²) in [5.74, 6) is 0. The van der Waals surface area contributed by atoms with Crippen LogP contribution in [0.4, 0.5) is 4.39 Å². The summed E-state index contributed by atoms with van der Waals surface area (Å²) in [6, 6.07) is 11.7. The van der Waals surface area contributed by atoms with Gasteiger partial charge in [-0.25, -0.2) is 4.39 Å². The summed E-state index contributed by atoms with van der Waals surface area (Å²) in [6.07, 6.45) is 1.87. The molecule has 0 saturated carbocycles. The molecule has 2 heterocycles. The molecule has 0 bridgehead atoms. The van der Waals surface area contributed by atoms with Gasteiger partial charge in [-0.2, -0.15) is 0 Å². The number of rotatable bonds is 3. The van der Waals surface area contributed by atoms with Crippen LogP contribution < -0.4 is 0 Å². The predicted molar refractivity (Wildman–Crippen MR) is 96.0 cm³/mol. The Morgan fingerprint density at radius 2 is 1.71 bits per heavy atom. The zero-order chi connectivity index (χ0) is 17.5. The molecule has 3 rings (SSSR count). The molecule has 2 aromatic rings. The lowest BCUT2D eigenvalue weighted by Crippen LogP contribution is -2.41. The van der Waals surface area contributed by atoms with E-state index >= 15 is 0 Å². The smallest absolute Gasteiger partial charge is 0.398 e. The molecule has 1 N–H and O–H groups in total. The Morgan fingerprint density at radius 3 is 2.29 bits per heavy atom. The maximum Gasteiger partial charge on any atom is 0.525 e. The zero-order valence-electron chi connectivity index (χ0n) is 14.8. The van der Waals surface area contributed by atoms with E-state index in [1.165, 1.54) is 0 Å². The molecule has 0 atom stereocenters. The van der Waals surface area contributed by atoms with E-state index in [2.05, 4.69) is 4.98 Å². The summed E-state index contributed by atoms with van der Waals surface area (Å²) >= 11 is 0. The highest BCUT2D eigenvalue weighted by Crippen LogP contribution is 2.40. The van der Waals surface area contributed by atoms with Crippen molar-refractivity contribution in [3.05, 3.63) is 53.9 Å². The highest BCUT2D eigenvalue weighted by Gasteiger charge is 2.53. The van der Waals surface area contributed by atoms with Gasteiger partial charge in [-0.15, -0.1) is 0 Å². The van der Waals surface area contributed by atoms with Crippen LogP contribution in [0.25, 0.3) is 16.8 Å². The van der Waals surface area contributed by atoms with Crippen molar-refractivity contribution in [3.8, 4) is 11.3 Å². The minimum atomic E-state index is -0.968. The normalized spacial score (nSPS) is 20.2. The topological polar surface area (TPSA) is 34.2 Å². The average molecular weight is 327 g/mol. The molecular weight excluding hydrogens is 304 g/mol. The lowest BCUT2D eigenvalue weighted by atomic mass is 9.83. The van der Waals surface area contributed by atoms with E-state index in [-0.39, 0.29) is 5.73 Å². The number of benzene rings is 1. The van der Waals surface area contributed by atoms with Gasteiger partial charge in [0, 0.05) is 11.9 Å². The third-order valence-corrected chi connectivity index (χ3v) is 5.02. The molecule has 1 aromatic carbocycles. The molecule has 1 aliphatic rings. The van der Waals surface area contributed by atoms with E-state index in [0.717, 1.165) is 16.8 Å². The predicted octanol–water partition coefficient (Wildman–Crippen LogP) is 5.01. The van der Waals surface area contributed by atoms with Crippen molar-refractivity contribution >= 4 is 12.7 Å². The summed E-state index contributed by atoms with van der Waals surface area (Å²) in [5.41, 5.74) is 1.87. The van der Waals surface area contributed by atoms with Gasteiger partial charge in [0.25, 0.3) is 0 Å². The molecule has 0 unspecified atom stereocenters. The number of aromatic amines is 1. The molecule has 1 aliphatic heterocycles. The maximum atomic E-state index is 15.0. The largest absolute Gasteiger partial charge is 0.525 e. The van der Waals surface area contributed by atoms with Gasteiger partial charge in [-0.05, 0) is 69.5 Å². The third kappa shape index (κ3) is 2.94. The fourth-order valence-corrected chi connectivity index (χ4v) is 2.69. The molecule has 24 heavy (non-hydrogen) atoms. The Kier molecular flexibility index (Phi) is 4.18. The van der Waals surface area contributed by atoms with Gasteiger partial charge in [0.05, 0.1) is 11.2 Å². The SMILES string of the molecule is CC(=C(F)B1OC(C)(C)C(C)(C)O1)c1cccc(-c2ccc[nH]2)c1. The second-order valence-corrected chi connectivity index (χ2v) is 7.23. The molecular formula is C19H23BFNO2. The molecule has 0 spiro atoms. The van der Waals surface area contributed by atoms with Crippen molar-refractivity contribution in [2.45, 2.75) is 45.8 Å². The second kappa shape index (κ2) is 5.90. The summed E-state index contributed by atoms with van der Waals surface area (Å²) < 4.78 is 26.6. The molecule has 0 amide bonds. The Labute approximate surface area is 143 Å². The first-order valence-electron chi connectivity index (χ1n) is 8.17. The van der Waals surface area contributed by atoms with Gasteiger partial charge >= 0.3 is 7.12 Å². The van der Waals surface area contributed by atoms with E-state index in [1.807, 2.05) is 70.3 Å². The molecule has 3 nitrogen and oxygen atoms in total. The fourth-order valence-electron chi connectivity index (χ4n) is 2.69. The highest BCUT2D eigenvalue weighted by molar-refractivity contribution is 6.55. The first-order valence-corrected chi connectivity index (χ1v) is 8.17.